The summed E-state index contributed by atoms with van der Waals surface area (Å²) in [7, 11) is 0. The number of rotatable bonds is 2. The highest BCUT2D eigenvalue weighted by molar-refractivity contribution is 6.34. The lowest BCUT2D eigenvalue weighted by atomic mass is 9.94. The third kappa shape index (κ3) is 3.27. The maximum atomic E-state index is 6.27. The minimum absolute atomic E-state index is 0.533. The summed E-state index contributed by atoms with van der Waals surface area (Å²) in [5.74, 6) is 0.870. The molecule has 0 spiro atoms. The third-order valence-electron chi connectivity index (χ3n) is 4.34. The van der Waals surface area contributed by atoms with Gasteiger partial charge in [0.05, 0.1) is 5.52 Å². The van der Waals surface area contributed by atoms with Crippen LogP contribution >= 0.6 is 11.6 Å². The van der Waals surface area contributed by atoms with Crippen LogP contribution in [-0.2, 0) is 6.42 Å². The zero-order chi connectivity index (χ0) is 18.7. The van der Waals surface area contributed by atoms with Crippen molar-refractivity contribution in [1.82, 2.24) is 15.0 Å². The summed E-state index contributed by atoms with van der Waals surface area (Å²) in [6.45, 7) is 8.18. The number of pyridine rings is 1. The van der Waals surface area contributed by atoms with Crippen molar-refractivity contribution in [2.45, 2.75) is 34.1 Å². The molecule has 3 nitrogen and oxygen atoms in total. The van der Waals surface area contributed by atoms with Crippen LogP contribution in [0.15, 0.2) is 48.8 Å². The van der Waals surface area contributed by atoms with Crippen LogP contribution in [0.2, 0.25) is 5.15 Å². The van der Waals surface area contributed by atoms with Crippen molar-refractivity contribution in [2.75, 3.05) is 0 Å². The molecule has 4 rings (SSSR count). The molecule has 0 aliphatic carbocycles. The first-order chi connectivity index (χ1) is 12.7. The van der Waals surface area contributed by atoms with Crippen LogP contribution in [0.3, 0.4) is 0 Å². The van der Waals surface area contributed by atoms with E-state index in [1.54, 1.807) is 6.20 Å². The molecule has 4 heteroatoms. The van der Waals surface area contributed by atoms with Gasteiger partial charge in [-0.15, -0.1) is 0 Å². The summed E-state index contributed by atoms with van der Waals surface area (Å²) >= 11 is 6.27. The first kappa shape index (κ1) is 18.3. The summed E-state index contributed by atoms with van der Waals surface area (Å²) in [6.07, 6.45) is 4.50. The summed E-state index contributed by atoms with van der Waals surface area (Å²) in [5, 5.41) is 3.66. The normalized spacial score (nSPS) is 10.7. The third-order valence-corrected chi connectivity index (χ3v) is 4.64. The van der Waals surface area contributed by atoms with E-state index in [0.29, 0.717) is 5.15 Å². The van der Waals surface area contributed by atoms with E-state index in [2.05, 4.69) is 53.1 Å². The van der Waals surface area contributed by atoms with Crippen molar-refractivity contribution < 1.29 is 0 Å². The maximum Gasteiger partial charge on any atom is 0.136 e. The van der Waals surface area contributed by atoms with Crippen molar-refractivity contribution in [3.8, 4) is 11.1 Å². The van der Waals surface area contributed by atoms with Gasteiger partial charge in [0.15, 0.2) is 0 Å². The number of benzene rings is 2. The Morgan fingerprint density at radius 2 is 1.77 bits per heavy atom. The Balaban J connectivity index is 0.000000948. The summed E-state index contributed by atoms with van der Waals surface area (Å²) in [5.41, 5.74) is 4.50. The Labute approximate surface area is 159 Å². The Morgan fingerprint density at radius 3 is 2.54 bits per heavy atom. The van der Waals surface area contributed by atoms with Crippen LogP contribution in [-0.4, -0.2) is 15.0 Å². The lowest BCUT2D eigenvalue weighted by molar-refractivity contribution is 0.961. The zero-order valence-electron chi connectivity index (χ0n) is 15.5. The largest absolute Gasteiger partial charge is 0.244 e. The van der Waals surface area contributed by atoms with E-state index < -0.39 is 0 Å². The molecule has 0 N–H and O–H groups in total. The number of fused-ring (bicyclic) bond motifs is 2. The average Bonchev–Trinajstić information content (AvgIpc) is 2.69. The molecule has 0 saturated carbocycles. The average molecular weight is 364 g/mol. The molecule has 2 aromatic heterocycles. The zero-order valence-corrected chi connectivity index (χ0v) is 16.3. The first-order valence-corrected chi connectivity index (χ1v) is 9.35. The van der Waals surface area contributed by atoms with E-state index in [1.807, 2.05) is 32.2 Å². The minimum Gasteiger partial charge on any atom is -0.244 e. The summed E-state index contributed by atoms with van der Waals surface area (Å²) in [6, 6.07) is 12.5. The highest BCUT2D eigenvalue weighted by Gasteiger charge is 2.11. The number of nitrogens with zero attached hydrogens (tertiary/aromatic N) is 3. The predicted octanol–water partition coefficient (Wildman–Crippen LogP) is 6.40. The number of hydrogen-bond acceptors (Lipinski definition) is 3. The standard InChI is InChI=1S/C20H16ClN3.C2H6/c1-3-18-23-11-14-10-13(5-7-17(14)24-18)19-12(2)4-6-16-15(19)8-9-22-20(16)21;1-2/h4-11H,3H2,1-2H3;1-2H3. The molecule has 0 bridgehead atoms. The van der Waals surface area contributed by atoms with E-state index in [9.17, 15) is 0 Å². The van der Waals surface area contributed by atoms with Crippen LogP contribution < -0.4 is 0 Å². The van der Waals surface area contributed by atoms with Gasteiger partial charge in [-0.05, 0) is 47.2 Å². The summed E-state index contributed by atoms with van der Waals surface area (Å²) in [4.78, 5) is 13.2. The van der Waals surface area contributed by atoms with Crippen LogP contribution in [0.4, 0.5) is 0 Å². The predicted molar refractivity (Wildman–Crippen MR) is 111 cm³/mol. The summed E-state index contributed by atoms with van der Waals surface area (Å²) < 4.78 is 0. The second-order valence-corrected chi connectivity index (χ2v) is 6.23. The molecule has 2 heterocycles. The Bertz CT molecular complexity index is 1070. The van der Waals surface area contributed by atoms with Crippen molar-refractivity contribution in [2.24, 2.45) is 0 Å². The van der Waals surface area contributed by atoms with E-state index in [-0.39, 0.29) is 0 Å². The molecule has 0 aliphatic heterocycles. The van der Waals surface area contributed by atoms with Gasteiger partial charge in [0.2, 0.25) is 0 Å². The Hall–Kier alpha value is -2.52. The fourth-order valence-corrected chi connectivity index (χ4v) is 3.33. The van der Waals surface area contributed by atoms with Crippen molar-refractivity contribution in [1.29, 1.82) is 0 Å². The van der Waals surface area contributed by atoms with E-state index in [0.717, 1.165) is 39.5 Å². The number of hydrogen-bond donors (Lipinski definition) is 0. The number of halogens is 1. The Morgan fingerprint density at radius 1 is 0.962 bits per heavy atom. The van der Waals surface area contributed by atoms with E-state index >= 15 is 0 Å². The smallest absolute Gasteiger partial charge is 0.136 e. The highest BCUT2D eigenvalue weighted by Crippen LogP contribution is 2.35. The van der Waals surface area contributed by atoms with Gasteiger partial charge in [0.25, 0.3) is 0 Å². The molecule has 0 saturated heterocycles. The molecule has 26 heavy (non-hydrogen) atoms. The molecular weight excluding hydrogens is 342 g/mol. The number of aromatic nitrogens is 3. The Kier molecular flexibility index (Phi) is 5.48. The molecule has 0 radical (unpaired) electrons. The van der Waals surface area contributed by atoms with Crippen LogP contribution in [0.25, 0.3) is 32.8 Å². The number of aryl methyl sites for hydroxylation is 2. The van der Waals surface area contributed by atoms with Crippen LogP contribution in [0.1, 0.15) is 32.2 Å². The molecule has 0 amide bonds. The van der Waals surface area contributed by atoms with Gasteiger partial charge in [-0.2, -0.15) is 0 Å². The molecule has 0 aliphatic rings. The van der Waals surface area contributed by atoms with Gasteiger partial charge in [-0.25, -0.2) is 15.0 Å². The molecule has 0 atom stereocenters. The quantitative estimate of drug-likeness (QED) is 0.387. The van der Waals surface area contributed by atoms with Crippen molar-refractivity contribution in [3.05, 3.63) is 65.3 Å². The monoisotopic (exact) mass is 363 g/mol. The lowest BCUT2D eigenvalue weighted by Crippen LogP contribution is -1.93. The van der Waals surface area contributed by atoms with Gasteiger partial charge in [-0.1, -0.05) is 50.6 Å². The molecule has 0 unspecified atom stereocenters. The second kappa shape index (κ2) is 7.79. The topological polar surface area (TPSA) is 38.7 Å². The van der Waals surface area contributed by atoms with Gasteiger partial charge < -0.3 is 0 Å². The van der Waals surface area contributed by atoms with Gasteiger partial charge in [0, 0.05) is 29.6 Å². The molecule has 0 fully saturated rings. The van der Waals surface area contributed by atoms with Crippen molar-refractivity contribution in [3.63, 3.8) is 0 Å². The molecule has 132 valence electrons. The fourth-order valence-electron chi connectivity index (χ4n) is 3.11. The highest BCUT2D eigenvalue weighted by atomic mass is 35.5. The van der Waals surface area contributed by atoms with Crippen LogP contribution in [0.5, 0.6) is 0 Å². The van der Waals surface area contributed by atoms with E-state index in [1.165, 1.54) is 11.1 Å². The first-order valence-electron chi connectivity index (χ1n) is 8.97. The molecule has 4 aromatic rings. The minimum atomic E-state index is 0.533. The molecule has 2 aromatic carbocycles. The second-order valence-electron chi connectivity index (χ2n) is 5.87. The fraction of sp³-hybridized carbons (Fsp3) is 0.227. The van der Waals surface area contributed by atoms with Crippen molar-refractivity contribution >= 4 is 33.3 Å². The molecular formula is C22H22ClN3. The van der Waals surface area contributed by atoms with E-state index in [4.69, 9.17) is 11.6 Å². The SMILES string of the molecule is CC.CCc1ncc2cc(-c3c(C)ccc4c(Cl)nccc34)ccc2n1. The van der Waals surface area contributed by atoms with Crippen LogP contribution in [0, 0.1) is 6.92 Å². The van der Waals surface area contributed by atoms with Gasteiger partial charge in [0.1, 0.15) is 11.0 Å². The van der Waals surface area contributed by atoms with Gasteiger partial charge in [-0.3, -0.25) is 0 Å². The lowest BCUT2D eigenvalue weighted by Gasteiger charge is -2.12. The van der Waals surface area contributed by atoms with Gasteiger partial charge >= 0.3 is 0 Å². The maximum absolute atomic E-state index is 6.27.